The Labute approximate surface area is 189 Å². The second kappa shape index (κ2) is 11.6. The van der Waals surface area contributed by atoms with Gasteiger partial charge in [-0.25, -0.2) is 8.42 Å². The van der Waals surface area contributed by atoms with Gasteiger partial charge in [-0.1, -0.05) is 41.9 Å². The lowest BCUT2D eigenvalue weighted by molar-refractivity contribution is -0.121. The molecule has 3 rings (SSSR count). The van der Waals surface area contributed by atoms with E-state index in [2.05, 4.69) is 10.2 Å². The number of nitrogens with zero attached hydrogens (tertiary/aromatic N) is 2. The smallest absolute Gasteiger partial charge is 0.243 e. The molecule has 0 aromatic heterocycles. The second-order valence-corrected chi connectivity index (χ2v) is 9.71. The molecule has 1 saturated heterocycles. The third-order valence-corrected chi connectivity index (χ3v) is 7.23. The predicted molar refractivity (Wildman–Crippen MR) is 121 cm³/mol. The van der Waals surface area contributed by atoms with Gasteiger partial charge in [0.2, 0.25) is 15.9 Å². The maximum Gasteiger partial charge on any atom is 0.243 e. The molecule has 0 radical (unpaired) electrons. The fraction of sp³-hybridized carbons (Fsp3) is 0.409. The van der Waals surface area contributed by atoms with E-state index in [4.69, 9.17) is 16.3 Å². The van der Waals surface area contributed by atoms with Gasteiger partial charge >= 0.3 is 0 Å². The van der Waals surface area contributed by atoms with Gasteiger partial charge in [-0.2, -0.15) is 4.31 Å². The van der Waals surface area contributed by atoms with Gasteiger partial charge in [-0.15, -0.1) is 0 Å². The van der Waals surface area contributed by atoms with Crippen LogP contribution in [-0.2, 0) is 26.0 Å². The van der Waals surface area contributed by atoms with Gasteiger partial charge in [0.1, 0.15) is 0 Å². The number of hydrogen-bond donors (Lipinski definition) is 1. The van der Waals surface area contributed by atoms with E-state index in [1.807, 2.05) is 30.3 Å². The van der Waals surface area contributed by atoms with Crippen molar-refractivity contribution >= 4 is 27.5 Å². The monoisotopic (exact) mass is 465 g/mol. The molecule has 1 aliphatic rings. The molecule has 2 aromatic rings. The Kier molecular flexibility index (Phi) is 8.86. The van der Waals surface area contributed by atoms with Gasteiger partial charge in [-0.05, 0) is 36.2 Å². The van der Waals surface area contributed by atoms with E-state index in [-0.39, 0.29) is 23.9 Å². The number of carbonyl (C=O) groups excluding carboxylic acids is 1. The van der Waals surface area contributed by atoms with Crippen LogP contribution < -0.4 is 5.32 Å². The first kappa shape index (κ1) is 23.7. The summed E-state index contributed by atoms with van der Waals surface area (Å²) in [5, 5.41) is 3.30. The molecule has 31 heavy (non-hydrogen) atoms. The van der Waals surface area contributed by atoms with Crippen molar-refractivity contribution in [1.29, 1.82) is 0 Å². The Balaban J connectivity index is 1.64. The standard InChI is InChI=1S/C22H28ClN3O4S/c23-20-6-8-21(9-7-20)31(28,29)26(12-10-19-4-2-1-3-5-19)18-22(27)24-11-13-25-14-16-30-17-15-25/h1-9H,10-18H2,(H,24,27). The molecule has 0 saturated carbocycles. The number of amides is 1. The number of carbonyl (C=O) groups is 1. The summed E-state index contributed by atoms with van der Waals surface area (Å²) in [6.07, 6.45) is 0.509. The molecular formula is C22H28ClN3O4S. The largest absolute Gasteiger partial charge is 0.379 e. The van der Waals surface area contributed by atoms with E-state index in [0.29, 0.717) is 37.7 Å². The number of hydrogen-bond acceptors (Lipinski definition) is 5. The van der Waals surface area contributed by atoms with E-state index in [9.17, 15) is 13.2 Å². The summed E-state index contributed by atoms with van der Waals surface area (Å²) < 4.78 is 33.0. The predicted octanol–water partition coefficient (Wildman–Crippen LogP) is 2.02. The highest BCUT2D eigenvalue weighted by Crippen LogP contribution is 2.19. The van der Waals surface area contributed by atoms with Crippen molar-refractivity contribution in [3.8, 4) is 0 Å². The van der Waals surface area contributed by atoms with Gasteiger partial charge in [0.15, 0.2) is 0 Å². The van der Waals surface area contributed by atoms with Crippen LogP contribution >= 0.6 is 11.6 Å². The normalized spacial score (nSPS) is 15.2. The second-order valence-electron chi connectivity index (χ2n) is 7.33. The Morgan fingerprint density at radius 3 is 2.42 bits per heavy atom. The maximum absolute atomic E-state index is 13.2. The van der Waals surface area contributed by atoms with Crippen LogP contribution in [0.15, 0.2) is 59.5 Å². The van der Waals surface area contributed by atoms with Crippen LogP contribution in [-0.4, -0.2) is 76.0 Å². The third kappa shape index (κ3) is 7.29. The minimum absolute atomic E-state index is 0.117. The molecule has 168 valence electrons. The van der Waals surface area contributed by atoms with Crippen molar-refractivity contribution < 1.29 is 17.9 Å². The summed E-state index contributed by atoms with van der Waals surface area (Å²) in [6, 6.07) is 15.6. The molecule has 1 heterocycles. The molecule has 1 N–H and O–H groups in total. The van der Waals surface area contributed by atoms with E-state index in [0.717, 1.165) is 18.7 Å². The molecule has 1 amide bonds. The first-order valence-electron chi connectivity index (χ1n) is 10.3. The number of nitrogens with one attached hydrogen (secondary N) is 1. The van der Waals surface area contributed by atoms with E-state index >= 15 is 0 Å². The number of rotatable bonds is 10. The molecule has 1 aliphatic heterocycles. The highest BCUT2D eigenvalue weighted by atomic mass is 35.5. The summed E-state index contributed by atoms with van der Waals surface area (Å²) in [4.78, 5) is 14.9. The number of ether oxygens (including phenoxy) is 1. The lowest BCUT2D eigenvalue weighted by atomic mass is 10.1. The van der Waals surface area contributed by atoms with Crippen LogP contribution in [0.4, 0.5) is 0 Å². The fourth-order valence-electron chi connectivity index (χ4n) is 3.33. The molecule has 1 fully saturated rings. The van der Waals surface area contributed by atoms with Gasteiger partial charge in [0.05, 0.1) is 24.7 Å². The fourth-order valence-corrected chi connectivity index (χ4v) is 4.86. The molecule has 0 bridgehead atoms. The highest BCUT2D eigenvalue weighted by Gasteiger charge is 2.26. The minimum atomic E-state index is -3.84. The van der Waals surface area contributed by atoms with Crippen molar-refractivity contribution in [2.75, 3.05) is 52.5 Å². The topological polar surface area (TPSA) is 79.0 Å². The van der Waals surface area contributed by atoms with Crippen molar-refractivity contribution in [1.82, 2.24) is 14.5 Å². The molecule has 2 aromatic carbocycles. The summed E-state index contributed by atoms with van der Waals surface area (Å²) >= 11 is 5.90. The van der Waals surface area contributed by atoms with Crippen LogP contribution in [0, 0.1) is 0 Å². The average Bonchev–Trinajstić information content (AvgIpc) is 2.78. The number of benzene rings is 2. The van der Waals surface area contributed by atoms with E-state index in [1.165, 1.54) is 28.6 Å². The quantitative estimate of drug-likeness (QED) is 0.580. The summed E-state index contributed by atoms with van der Waals surface area (Å²) in [5.74, 6) is -0.321. The van der Waals surface area contributed by atoms with Crippen LogP contribution in [0.3, 0.4) is 0 Å². The van der Waals surface area contributed by atoms with Crippen LogP contribution in [0.2, 0.25) is 5.02 Å². The van der Waals surface area contributed by atoms with Gasteiger partial charge in [0, 0.05) is 37.7 Å². The molecule has 9 heteroatoms. The first-order chi connectivity index (χ1) is 14.9. The Morgan fingerprint density at radius 2 is 1.74 bits per heavy atom. The van der Waals surface area contributed by atoms with E-state index in [1.54, 1.807) is 0 Å². The van der Waals surface area contributed by atoms with Crippen LogP contribution in [0.1, 0.15) is 5.56 Å². The summed E-state index contributed by atoms with van der Waals surface area (Å²) in [6.45, 7) is 4.21. The maximum atomic E-state index is 13.2. The van der Waals surface area contributed by atoms with Crippen molar-refractivity contribution in [3.05, 3.63) is 65.2 Å². The zero-order valence-electron chi connectivity index (χ0n) is 17.4. The molecule has 0 aliphatic carbocycles. The van der Waals surface area contributed by atoms with Gasteiger partial charge in [-0.3, -0.25) is 9.69 Å². The number of halogens is 1. The van der Waals surface area contributed by atoms with Crippen molar-refractivity contribution in [2.24, 2.45) is 0 Å². The van der Waals surface area contributed by atoms with Gasteiger partial charge < -0.3 is 10.1 Å². The molecule has 0 spiro atoms. The average molecular weight is 466 g/mol. The first-order valence-corrected chi connectivity index (χ1v) is 12.1. The Morgan fingerprint density at radius 1 is 1.06 bits per heavy atom. The van der Waals surface area contributed by atoms with E-state index < -0.39 is 10.0 Å². The Hall–Kier alpha value is -1.97. The Bertz CT molecular complexity index is 933. The van der Waals surface area contributed by atoms with Crippen LogP contribution in [0.5, 0.6) is 0 Å². The molecule has 0 atom stereocenters. The zero-order valence-corrected chi connectivity index (χ0v) is 18.9. The SMILES string of the molecule is O=C(CN(CCc1ccccc1)S(=O)(=O)c1ccc(Cl)cc1)NCCN1CCOCC1. The summed E-state index contributed by atoms with van der Waals surface area (Å²) in [7, 11) is -3.84. The van der Waals surface area contributed by atoms with Gasteiger partial charge in [0.25, 0.3) is 0 Å². The summed E-state index contributed by atoms with van der Waals surface area (Å²) in [5.41, 5.74) is 1.01. The van der Waals surface area contributed by atoms with Crippen molar-refractivity contribution in [3.63, 3.8) is 0 Å². The number of morpholine rings is 1. The molecular weight excluding hydrogens is 438 g/mol. The molecule has 0 unspecified atom stereocenters. The lowest BCUT2D eigenvalue weighted by Gasteiger charge is -2.27. The highest BCUT2D eigenvalue weighted by molar-refractivity contribution is 7.89. The third-order valence-electron chi connectivity index (χ3n) is 5.12. The minimum Gasteiger partial charge on any atom is -0.379 e. The zero-order chi connectivity index (χ0) is 22.1. The lowest BCUT2D eigenvalue weighted by Crippen LogP contribution is -2.45. The van der Waals surface area contributed by atoms with Crippen molar-refractivity contribution in [2.45, 2.75) is 11.3 Å². The number of sulfonamides is 1. The molecule has 7 nitrogen and oxygen atoms in total. The van der Waals surface area contributed by atoms with Crippen LogP contribution in [0.25, 0.3) is 0 Å².